The average Bonchev–Trinajstić information content (AvgIpc) is 2.34. The fourth-order valence-electron chi connectivity index (χ4n) is 0.955. The summed E-state index contributed by atoms with van der Waals surface area (Å²) >= 11 is 0. The highest BCUT2D eigenvalue weighted by Crippen LogP contribution is 2.02. The van der Waals surface area contributed by atoms with E-state index in [9.17, 15) is 4.79 Å². The Kier molecular flexibility index (Phi) is 2.75. The fourth-order valence-corrected chi connectivity index (χ4v) is 0.955. The number of amidine groups is 1. The molecule has 1 N–H and O–H groups in total. The van der Waals surface area contributed by atoms with E-state index < -0.39 is 0 Å². The Hall–Kier alpha value is -1.26. The van der Waals surface area contributed by atoms with Gasteiger partial charge in [-0.25, -0.2) is 4.99 Å². The lowest BCUT2D eigenvalue weighted by molar-refractivity contribution is -0.121. The molecule has 0 bridgehead atoms. The lowest BCUT2D eigenvalue weighted by atomic mass is 10.1. The van der Waals surface area contributed by atoms with E-state index in [2.05, 4.69) is 20.5 Å². The average molecular weight is 182 g/mol. The first-order chi connectivity index (χ1) is 5.97. The van der Waals surface area contributed by atoms with Crippen LogP contribution in [0.15, 0.2) is 15.2 Å². The summed E-state index contributed by atoms with van der Waals surface area (Å²) in [6.45, 7) is 6.16. The lowest BCUT2D eigenvalue weighted by Crippen LogP contribution is -2.41. The molecule has 0 spiro atoms. The van der Waals surface area contributed by atoms with Crippen molar-refractivity contribution in [3.8, 4) is 0 Å². The van der Waals surface area contributed by atoms with Gasteiger partial charge in [-0.3, -0.25) is 4.79 Å². The summed E-state index contributed by atoms with van der Waals surface area (Å²) < 4.78 is 0. The van der Waals surface area contributed by atoms with E-state index in [1.165, 1.54) is 0 Å². The van der Waals surface area contributed by atoms with Gasteiger partial charge < -0.3 is 5.32 Å². The minimum absolute atomic E-state index is 0.0629. The SMILES string of the molecule is CC(C)(C)NC(=O)CC1=NCN=N1. The molecular formula is C8H14N4O. The summed E-state index contributed by atoms with van der Waals surface area (Å²) in [5.41, 5.74) is -0.201. The zero-order valence-corrected chi connectivity index (χ0v) is 8.16. The summed E-state index contributed by atoms with van der Waals surface area (Å²) in [5.74, 6) is 0.453. The quantitative estimate of drug-likeness (QED) is 0.683. The van der Waals surface area contributed by atoms with Crippen LogP contribution in [-0.4, -0.2) is 24.0 Å². The molecule has 0 unspecified atom stereocenters. The van der Waals surface area contributed by atoms with Gasteiger partial charge in [-0.05, 0) is 20.8 Å². The van der Waals surface area contributed by atoms with Crippen molar-refractivity contribution in [3.05, 3.63) is 0 Å². The highest BCUT2D eigenvalue weighted by atomic mass is 16.1. The minimum Gasteiger partial charge on any atom is -0.351 e. The van der Waals surface area contributed by atoms with Crippen molar-refractivity contribution in [3.63, 3.8) is 0 Å². The van der Waals surface area contributed by atoms with Gasteiger partial charge >= 0.3 is 0 Å². The molecular weight excluding hydrogens is 168 g/mol. The third-order valence-electron chi connectivity index (χ3n) is 1.34. The number of rotatable bonds is 2. The van der Waals surface area contributed by atoms with E-state index in [-0.39, 0.29) is 17.9 Å². The summed E-state index contributed by atoms with van der Waals surface area (Å²) in [6, 6.07) is 0. The van der Waals surface area contributed by atoms with Gasteiger partial charge in [0.15, 0.2) is 12.5 Å². The van der Waals surface area contributed by atoms with Crippen LogP contribution < -0.4 is 5.32 Å². The summed E-state index contributed by atoms with van der Waals surface area (Å²) in [7, 11) is 0. The van der Waals surface area contributed by atoms with Crippen molar-refractivity contribution < 1.29 is 4.79 Å². The van der Waals surface area contributed by atoms with Crippen molar-refractivity contribution in [1.29, 1.82) is 0 Å². The maximum atomic E-state index is 11.3. The molecule has 13 heavy (non-hydrogen) atoms. The van der Waals surface area contributed by atoms with Crippen LogP contribution in [0.4, 0.5) is 0 Å². The Balaban J connectivity index is 2.38. The number of aliphatic imine (C=N–C) groups is 1. The number of hydrogen-bond acceptors (Lipinski definition) is 4. The molecule has 1 rings (SSSR count). The number of hydrogen-bond donors (Lipinski definition) is 1. The number of carbonyl (C=O) groups is 1. The largest absolute Gasteiger partial charge is 0.351 e. The van der Waals surface area contributed by atoms with Gasteiger partial charge in [0, 0.05) is 5.54 Å². The first-order valence-corrected chi connectivity index (χ1v) is 4.19. The molecule has 0 aromatic rings. The molecule has 0 aliphatic carbocycles. The number of amides is 1. The Morgan fingerprint density at radius 3 is 2.69 bits per heavy atom. The van der Waals surface area contributed by atoms with E-state index in [0.29, 0.717) is 12.5 Å². The van der Waals surface area contributed by atoms with Crippen LogP contribution in [0.2, 0.25) is 0 Å². The van der Waals surface area contributed by atoms with Gasteiger partial charge in [0.2, 0.25) is 5.91 Å². The lowest BCUT2D eigenvalue weighted by Gasteiger charge is -2.19. The summed E-state index contributed by atoms with van der Waals surface area (Å²) in [6.07, 6.45) is 0.223. The number of carbonyl (C=O) groups excluding carboxylic acids is 1. The standard InChI is InChI=1S/C8H14N4O/c1-8(2,3)11-7(13)4-6-9-5-10-12-6/h4-5H2,1-3H3,(H,11,13). The first-order valence-electron chi connectivity index (χ1n) is 4.19. The summed E-state index contributed by atoms with van der Waals surface area (Å²) in [5, 5.41) is 10.2. The van der Waals surface area contributed by atoms with E-state index in [0.717, 1.165) is 0 Å². The van der Waals surface area contributed by atoms with Crippen LogP contribution in [0.25, 0.3) is 0 Å². The highest BCUT2D eigenvalue weighted by molar-refractivity contribution is 6.00. The zero-order chi connectivity index (χ0) is 9.90. The zero-order valence-electron chi connectivity index (χ0n) is 8.16. The third kappa shape index (κ3) is 3.78. The smallest absolute Gasteiger partial charge is 0.228 e. The molecule has 0 aromatic carbocycles. The monoisotopic (exact) mass is 182 g/mol. The van der Waals surface area contributed by atoms with Crippen molar-refractivity contribution in [1.82, 2.24) is 5.32 Å². The minimum atomic E-state index is -0.201. The molecule has 1 aliphatic rings. The molecule has 5 heteroatoms. The molecule has 0 fully saturated rings. The van der Waals surface area contributed by atoms with Gasteiger partial charge in [-0.2, -0.15) is 5.11 Å². The van der Waals surface area contributed by atoms with E-state index in [1.807, 2.05) is 20.8 Å². The van der Waals surface area contributed by atoms with Gasteiger partial charge in [0.1, 0.15) is 0 Å². The number of nitrogens with one attached hydrogen (secondary N) is 1. The summed E-state index contributed by atoms with van der Waals surface area (Å²) in [4.78, 5) is 15.2. The van der Waals surface area contributed by atoms with Crippen molar-refractivity contribution in [2.75, 3.05) is 6.67 Å². The molecule has 0 radical (unpaired) electrons. The van der Waals surface area contributed by atoms with Crippen LogP contribution >= 0.6 is 0 Å². The maximum Gasteiger partial charge on any atom is 0.228 e. The molecule has 1 aliphatic heterocycles. The van der Waals surface area contributed by atoms with Crippen LogP contribution in [0.1, 0.15) is 27.2 Å². The predicted molar refractivity (Wildman–Crippen MR) is 49.7 cm³/mol. The van der Waals surface area contributed by atoms with Gasteiger partial charge in [-0.1, -0.05) is 0 Å². The van der Waals surface area contributed by atoms with Gasteiger partial charge in [0.05, 0.1) is 6.42 Å². The van der Waals surface area contributed by atoms with Crippen molar-refractivity contribution in [2.45, 2.75) is 32.7 Å². The fraction of sp³-hybridized carbons (Fsp3) is 0.750. The van der Waals surface area contributed by atoms with Gasteiger partial charge in [0.25, 0.3) is 0 Å². The second-order valence-electron chi connectivity index (χ2n) is 3.93. The van der Waals surface area contributed by atoms with Gasteiger partial charge in [-0.15, -0.1) is 5.11 Å². The maximum absolute atomic E-state index is 11.3. The van der Waals surface area contributed by atoms with Crippen LogP contribution in [-0.2, 0) is 4.79 Å². The van der Waals surface area contributed by atoms with E-state index in [1.54, 1.807) is 0 Å². The van der Waals surface area contributed by atoms with Crippen molar-refractivity contribution in [2.24, 2.45) is 15.2 Å². The van der Waals surface area contributed by atoms with Crippen LogP contribution in [0.5, 0.6) is 0 Å². The molecule has 1 heterocycles. The normalized spacial score (nSPS) is 15.8. The highest BCUT2D eigenvalue weighted by Gasteiger charge is 2.16. The predicted octanol–water partition coefficient (Wildman–Crippen LogP) is 1.11. The molecule has 1 amide bonds. The Bertz CT molecular complexity index is 262. The third-order valence-corrected chi connectivity index (χ3v) is 1.34. The number of azo groups is 1. The van der Waals surface area contributed by atoms with E-state index in [4.69, 9.17) is 0 Å². The topological polar surface area (TPSA) is 66.2 Å². The van der Waals surface area contributed by atoms with Crippen LogP contribution in [0, 0.1) is 0 Å². The Morgan fingerprint density at radius 1 is 1.54 bits per heavy atom. The Labute approximate surface area is 77.3 Å². The molecule has 0 aromatic heterocycles. The molecule has 5 nitrogen and oxygen atoms in total. The Morgan fingerprint density at radius 2 is 2.23 bits per heavy atom. The number of nitrogens with zero attached hydrogens (tertiary/aromatic N) is 3. The van der Waals surface area contributed by atoms with Crippen LogP contribution in [0.3, 0.4) is 0 Å². The molecule has 0 atom stereocenters. The van der Waals surface area contributed by atoms with Crippen molar-refractivity contribution >= 4 is 11.7 Å². The second-order valence-corrected chi connectivity index (χ2v) is 3.93. The van der Waals surface area contributed by atoms with E-state index >= 15 is 0 Å². The molecule has 72 valence electrons. The second kappa shape index (κ2) is 3.64. The molecule has 0 saturated carbocycles. The first kappa shape index (κ1) is 9.83. The molecule has 0 saturated heterocycles.